The first-order valence-electron chi connectivity index (χ1n) is 8.05. The minimum Gasteiger partial charge on any atom is -0.371 e. The number of aromatic nitrogens is 1. The minimum atomic E-state index is 0.689. The second kappa shape index (κ2) is 7.63. The molecular formula is C17H29N3. The molecule has 0 saturated carbocycles. The Morgan fingerprint density at radius 2 is 2.20 bits per heavy atom. The van der Waals surface area contributed by atoms with E-state index in [0.717, 1.165) is 19.0 Å². The van der Waals surface area contributed by atoms with Crippen LogP contribution in [0.1, 0.15) is 45.6 Å². The fourth-order valence-electron chi connectivity index (χ4n) is 2.86. The van der Waals surface area contributed by atoms with Crippen molar-refractivity contribution < 1.29 is 0 Å². The summed E-state index contributed by atoms with van der Waals surface area (Å²) in [6.45, 7) is 11.2. The first-order chi connectivity index (χ1) is 9.66. The molecule has 1 aliphatic rings. The van der Waals surface area contributed by atoms with Gasteiger partial charge < -0.3 is 10.2 Å². The molecule has 0 radical (unpaired) electrons. The molecule has 1 fully saturated rings. The van der Waals surface area contributed by atoms with E-state index in [1.54, 1.807) is 0 Å². The van der Waals surface area contributed by atoms with Gasteiger partial charge in [0.1, 0.15) is 0 Å². The van der Waals surface area contributed by atoms with Crippen LogP contribution in [-0.2, 0) is 6.54 Å². The van der Waals surface area contributed by atoms with Crippen LogP contribution in [0.15, 0.2) is 18.5 Å². The van der Waals surface area contributed by atoms with Gasteiger partial charge in [0.05, 0.1) is 0 Å². The van der Waals surface area contributed by atoms with Gasteiger partial charge in [-0.15, -0.1) is 0 Å². The van der Waals surface area contributed by atoms with Crippen molar-refractivity contribution in [2.75, 3.05) is 24.5 Å². The number of anilines is 1. The minimum absolute atomic E-state index is 0.689. The van der Waals surface area contributed by atoms with E-state index in [1.165, 1.54) is 43.6 Å². The maximum absolute atomic E-state index is 4.31. The Labute approximate surface area is 123 Å². The molecule has 0 spiro atoms. The molecule has 1 unspecified atom stereocenters. The zero-order chi connectivity index (χ0) is 14.4. The van der Waals surface area contributed by atoms with Crippen molar-refractivity contribution in [1.29, 1.82) is 0 Å². The lowest BCUT2D eigenvalue weighted by atomic mass is 10.0. The molecule has 0 bridgehead atoms. The second-order valence-corrected chi connectivity index (χ2v) is 6.55. The summed E-state index contributed by atoms with van der Waals surface area (Å²) in [6.07, 6.45) is 7.93. The molecular weight excluding hydrogens is 246 g/mol. The topological polar surface area (TPSA) is 28.2 Å². The van der Waals surface area contributed by atoms with Crippen LogP contribution in [0.5, 0.6) is 0 Å². The lowest BCUT2D eigenvalue weighted by Crippen LogP contribution is -2.27. The summed E-state index contributed by atoms with van der Waals surface area (Å²) in [7, 11) is 0. The largest absolute Gasteiger partial charge is 0.371 e. The Bertz CT molecular complexity index is 403. The Hall–Kier alpha value is -1.09. The van der Waals surface area contributed by atoms with Gasteiger partial charge in [0.2, 0.25) is 0 Å². The van der Waals surface area contributed by atoms with Crippen molar-refractivity contribution >= 4 is 5.69 Å². The third kappa shape index (κ3) is 4.48. The average molecular weight is 275 g/mol. The summed E-state index contributed by atoms with van der Waals surface area (Å²) >= 11 is 0. The quantitative estimate of drug-likeness (QED) is 0.892. The van der Waals surface area contributed by atoms with E-state index in [1.807, 2.05) is 12.4 Å². The molecule has 2 heterocycles. The SMILES string of the molecule is CC(C)CNCc1cnccc1N1CCCC(C)CC1. The van der Waals surface area contributed by atoms with Gasteiger partial charge in [0, 0.05) is 43.3 Å². The van der Waals surface area contributed by atoms with E-state index in [9.17, 15) is 0 Å². The van der Waals surface area contributed by atoms with Crippen LogP contribution in [0.25, 0.3) is 0 Å². The maximum atomic E-state index is 4.31. The molecule has 3 heteroatoms. The molecule has 3 nitrogen and oxygen atoms in total. The van der Waals surface area contributed by atoms with Crippen molar-refractivity contribution in [1.82, 2.24) is 10.3 Å². The lowest BCUT2D eigenvalue weighted by molar-refractivity contribution is 0.521. The third-order valence-electron chi connectivity index (χ3n) is 4.10. The average Bonchev–Trinajstić information content (AvgIpc) is 2.64. The van der Waals surface area contributed by atoms with Crippen LogP contribution >= 0.6 is 0 Å². The first kappa shape index (κ1) is 15.3. The fraction of sp³-hybridized carbons (Fsp3) is 0.706. The van der Waals surface area contributed by atoms with Gasteiger partial charge in [-0.25, -0.2) is 0 Å². The number of pyridine rings is 1. The van der Waals surface area contributed by atoms with Gasteiger partial charge in [-0.05, 0) is 43.7 Å². The molecule has 1 aliphatic heterocycles. The van der Waals surface area contributed by atoms with Crippen LogP contribution in [-0.4, -0.2) is 24.6 Å². The van der Waals surface area contributed by atoms with E-state index < -0.39 is 0 Å². The molecule has 1 atom stereocenters. The zero-order valence-electron chi connectivity index (χ0n) is 13.2. The maximum Gasteiger partial charge on any atom is 0.0442 e. The summed E-state index contributed by atoms with van der Waals surface area (Å²) in [4.78, 5) is 6.86. The molecule has 2 rings (SSSR count). The number of hydrogen-bond acceptors (Lipinski definition) is 3. The van der Waals surface area contributed by atoms with Crippen molar-refractivity contribution in [2.24, 2.45) is 11.8 Å². The van der Waals surface area contributed by atoms with Crippen molar-refractivity contribution in [3.8, 4) is 0 Å². The number of nitrogens with zero attached hydrogens (tertiary/aromatic N) is 2. The van der Waals surface area contributed by atoms with Crippen LogP contribution in [0.4, 0.5) is 5.69 Å². The lowest BCUT2D eigenvalue weighted by Gasteiger charge is -2.25. The van der Waals surface area contributed by atoms with Gasteiger partial charge in [0.15, 0.2) is 0 Å². The predicted octanol–water partition coefficient (Wildman–Crippen LogP) is 3.45. The van der Waals surface area contributed by atoms with Gasteiger partial charge >= 0.3 is 0 Å². The summed E-state index contributed by atoms with van der Waals surface area (Å²) in [5, 5.41) is 3.54. The summed E-state index contributed by atoms with van der Waals surface area (Å²) in [6, 6.07) is 2.18. The molecule has 0 aliphatic carbocycles. The number of hydrogen-bond donors (Lipinski definition) is 1. The number of nitrogens with one attached hydrogen (secondary N) is 1. The summed E-state index contributed by atoms with van der Waals surface area (Å²) in [5.74, 6) is 1.55. The Morgan fingerprint density at radius 1 is 1.35 bits per heavy atom. The molecule has 20 heavy (non-hydrogen) atoms. The number of rotatable bonds is 5. The predicted molar refractivity (Wildman–Crippen MR) is 86.0 cm³/mol. The third-order valence-corrected chi connectivity index (χ3v) is 4.10. The van der Waals surface area contributed by atoms with E-state index in [4.69, 9.17) is 0 Å². The zero-order valence-corrected chi connectivity index (χ0v) is 13.2. The van der Waals surface area contributed by atoms with Crippen LogP contribution in [0.3, 0.4) is 0 Å². The Balaban J connectivity index is 2.02. The van der Waals surface area contributed by atoms with Gasteiger partial charge in [-0.2, -0.15) is 0 Å². The molecule has 1 aromatic heterocycles. The first-order valence-corrected chi connectivity index (χ1v) is 8.05. The van der Waals surface area contributed by atoms with Gasteiger partial charge in [0.25, 0.3) is 0 Å². The molecule has 0 aromatic carbocycles. The van der Waals surface area contributed by atoms with Gasteiger partial charge in [-0.1, -0.05) is 20.8 Å². The highest BCUT2D eigenvalue weighted by molar-refractivity contribution is 5.52. The Morgan fingerprint density at radius 3 is 3.00 bits per heavy atom. The second-order valence-electron chi connectivity index (χ2n) is 6.55. The monoisotopic (exact) mass is 275 g/mol. The van der Waals surface area contributed by atoms with Gasteiger partial charge in [-0.3, -0.25) is 4.98 Å². The summed E-state index contributed by atoms with van der Waals surface area (Å²) in [5.41, 5.74) is 2.72. The normalized spacial score (nSPS) is 20.2. The highest BCUT2D eigenvalue weighted by Gasteiger charge is 2.16. The molecule has 112 valence electrons. The fourth-order valence-corrected chi connectivity index (χ4v) is 2.86. The van der Waals surface area contributed by atoms with Crippen LogP contribution in [0.2, 0.25) is 0 Å². The molecule has 1 saturated heterocycles. The van der Waals surface area contributed by atoms with E-state index >= 15 is 0 Å². The smallest absolute Gasteiger partial charge is 0.0442 e. The molecule has 1 aromatic rings. The molecule has 0 amide bonds. The van der Waals surface area contributed by atoms with Crippen molar-refractivity contribution in [3.63, 3.8) is 0 Å². The van der Waals surface area contributed by atoms with E-state index in [-0.39, 0.29) is 0 Å². The van der Waals surface area contributed by atoms with E-state index in [2.05, 4.69) is 42.0 Å². The van der Waals surface area contributed by atoms with E-state index in [0.29, 0.717) is 5.92 Å². The van der Waals surface area contributed by atoms with Crippen molar-refractivity contribution in [2.45, 2.75) is 46.6 Å². The van der Waals surface area contributed by atoms with Crippen LogP contribution in [0, 0.1) is 11.8 Å². The summed E-state index contributed by atoms with van der Waals surface area (Å²) < 4.78 is 0. The standard InChI is InChI=1S/C17H29N3/c1-14(2)11-19-13-16-12-18-8-6-17(16)20-9-4-5-15(3)7-10-20/h6,8,12,14-15,19H,4-5,7,9-11,13H2,1-3H3. The highest BCUT2D eigenvalue weighted by atomic mass is 15.1. The Kier molecular flexibility index (Phi) is 5.84. The molecule has 1 N–H and O–H groups in total. The van der Waals surface area contributed by atoms with Crippen LogP contribution < -0.4 is 10.2 Å². The highest BCUT2D eigenvalue weighted by Crippen LogP contribution is 2.25. The van der Waals surface area contributed by atoms with Crippen molar-refractivity contribution in [3.05, 3.63) is 24.0 Å².